The average Bonchev–Trinajstić information content (AvgIpc) is 2.53. The molecule has 120 valence electrons. The molecule has 6 nitrogen and oxygen atoms in total. The SMILES string of the molecule is Cc1cc2c(c(C(=O)NC[C@@H]3CCNC[C@H]3O)c1)OCCO2. The molecule has 0 saturated carbocycles. The lowest BCUT2D eigenvalue weighted by Gasteiger charge is -2.28. The Bertz CT molecular complexity index is 561. The van der Waals surface area contributed by atoms with E-state index in [0.717, 1.165) is 18.5 Å². The van der Waals surface area contributed by atoms with Crippen molar-refractivity contribution in [3.63, 3.8) is 0 Å². The summed E-state index contributed by atoms with van der Waals surface area (Å²) in [7, 11) is 0. The second-order valence-electron chi connectivity index (χ2n) is 5.87. The molecule has 3 N–H and O–H groups in total. The third-order valence-electron chi connectivity index (χ3n) is 4.15. The summed E-state index contributed by atoms with van der Waals surface area (Å²) in [6.07, 6.45) is 0.438. The maximum Gasteiger partial charge on any atom is 0.255 e. The Labute approximate surface area is 129 Å². The van der Waals surface area contributed by atoms with Crippen LogP contribution in [0.25, 0.3) is 0 Å². The van der Waals surface area contributed by atoms with Crippen molar-refractivity contribution in [1.82, 2.24) is 10.6 Å². The van der Waals surface area contributed by atoms with Crippen LogP contribution in [0.4, 0.5) is 0 Å². The number of piperidine rings is 1. The van der Waals surface area contributed by atoms with E-state index in [0.29, 0.717) is 43.4 Å². The van der Waals surface area contributed by atoms with Crippen molar-refractivity contribution in [2.24, 2.45) is 5.92 Å². The van der Waals surface area contributed by atoms with Crippen LogP contribution < -0.4 is 20.1 Å². The van der Waals surface area contributed by atoms with Gasteiger partial charge in [-0.05, 0) is 37.6 Å². The number of ether oxygens (including phenoxy) is 2. The molecule has 1 amide bonds. The number of nitrogens with one attached hydrogen (secondary N) is 2. The Morgan fingerprint density at radius 2 is 2.23 bits per heavy atom. The molecule has 0 spiro atoms. The van der Waals surface area contributed by atoms with Gasteiger partial charge in [0.15, 0.2) is 11.5 Å². The van der Waals surface area contributed by atoms with Gasteiger partial charge in [-0.25, -0.2) is 0 Å². The Hall–Kier alpha value is -1.79. The molecule has 3 rings (SSSR count). The van der Waals surface area contributed by atoms with E-state index in [-0.39, 0.29) is 11.8 Å². The van der Waals surface area contributed by atoms with Crippen molar-refractivity contribution in [1.29, 1.82) is 0 Å². The van der Waals surface area contributed by atoms with Gasteiger partial charge in [-0.15, -0.1) is 0 Å². The summed E-state index contributed by atoms with van der Waals surface area (Å²) in [6, 6.07) is 3.68. The molecule has 1 aromatic carbocycles. The molecule has 22 heavy (non-hydrogen) atoms. The summed E-state index contributed by atoms with van der Waals surface area (Å²) in [5, 5.41) is 16.0. The van der Waals surface area contributed by atoms with Gasteiger partial charge in [0.1, 0.15) is 13.2 Å². The fourth-order valence-electron chi connectivity index (χ4n) is 2.91. The number of carbonyl (C=O) groups excluding carboxylic acids is 1. The molecule has 2 atom stereocenters. The predicted molar refractivity (Wildman–Crippen MR) is 81.5 cm³/mol. The normalized spacial score (nSPS) is 23.9. The second kappa shape index (κ2) is 6.54. The van der Waals surface area contributed by atoms with Crippen LogP contribution in [0.2, 0.25) is 0 Å². The van der Waals surface area contributed by atoms with Crippen molar-refractivity contribution in [2.75, 3.05) is 32.8 Å². The minimum Gasteiger partial charge on any atom is -0.486 e. The summed E-state index contributed by atoms with van der Waals surface area (Å²) in [6.45, 7) is 4.78. The first-order chi connectivity index (χ1) is 10.6. The van der Waals surface area contributed by atoms with Gasteiger partial charge in [0.05, 0.1) is 11.7 Å². The first kappa shape index (κ1) is 15.1. The molecule has 0 unspecified atom stereocenters. The lowest BCUT2D eigenvalue weighted by molar-refractivity contribution is 0.0750. The zero-order valence-electron chi connectivity index (χ0n) is 12.7. The maximum absolute atomic E-state index is 12.5. The Morgan fingerprint density at radius 1 is 1.41 bits per heavy atom. The van der Waals surface area contributed by atoms with Crippen molar-refractivity contribution in [3.05, 3.63) is 23.3 Å². The summed E-state index contributed by atoms with van der Waals surface area (Å²) < 4.78 is 11.2. The molecule has 1 saturated heterocycles. The Balaban J connectivity index is 1.71. The summed E-state index contributed by atoms with van der Waals surface area (Å²) >= 11 is 0. The van der Waals surface area contributed by atoms with Crippen molar-refractivity contribution in [2.45, 2.75) is 19.4 Å². The van der Waals surface area contributed by atoms with Gasteiger partial charge in [0.25, 0.3) is 5.91 Å². The summed E-state index contributed by atoms with van der Waals surface area (Å²) in [5.41, 5.74) is 1.45. The smallest absolute Gasteiger partial charge is 0.255 e. The number of aliphatic hydroxyl groups excluding tert-OH is 1. The molecule has 1 aromatic rings. The van der Waals surface area contributed by atoms with E-state index in [9.17, 15) is 9.90 Å². The monoisotopic (exact) mass is 306 g/mol. The van der Waals surface area contributed by atoms with Crippen LogP contribution in [-0.4, -0.2) is 50.0 Å². The number of hydrogen-bond donors (Lipinski definition) is 3. The lowest BCUT2D eigenvalue weighted by atomic mass is 9.95. The van der Waals surface area contributed by atoms with Crippen molar-refractivity contribution in [3.8, 4) is 11.5 Å². The number of aryl methyl sites for hydroxylation is 1. The number of β-amino-alcohol motifs (C(OH)–C–C–N with tert-alkyl or cyclic N) is 1. The van der Waals surface area contributed by atoms with E-state index in [4.69, 9.17) is 9.47 Å². The third kappa shape index (κ3) is 3.18. The lowest BCUT2D eigenvalue weighted by Crippen LogP contribution is -2.45. The number of carbonyl (C=O) groups is 1. The van der Waals surface area contributed by atoms with E-state index in [2.05, 4.69) is 10.6 Å². The topological polar surface area (TPSA) is 79.8 Å². The molecule has 2 aliphatic rings. The molecule has 1 fully saturated rings. The van der Waals surface area contributed by atoms with Gasteiger partial charge in [-0.2, -0.15) is 0 Å². The predicted octanol–water partition coefficient (Wildman–Crippen LogP) is 0.466. The first-order valence-electron chi connectivity index (χ1n) is 7.72. The van der Waals surface area contributed by atoms with Crippen LogP contribution in [0.3, 0.4) is 0 Å². The Morgan fingerprint density at radius 3 is 3.05 bits per heavy atom. The van der Waals surface area contributed by atoms with Gasteiger partial charge < -0.3 is 25.2 Å². The first-order valence-corrected chi connectivity index (χ1v) is 7.72. The minimum atomic E-state index is -0.417. The van der Waals surface area contributed by atoms with Gasteiger partial charge in [-0.3, -0.25) is 4.79 Å². The molecular weight excluding hydrogens is 284 g/mol. The van der Waals surface area contributed by atoms with Crippen LogP contribution in [0.1, 0.15) is 22.3 Å². The molecule has 6 heteroatoms. The van der Waals surface area contributed by atoms with E-state index in [1.165, 1.54) is 0 Å². The van der Waals surface area contributed by atoms with Gasteiger partial charge >= 0.3 is 0 Å². The number of hydrogen-bond acceptors (Lipinski definition) is 5. The van der Waals surface area contributed by atoms with Crippen LogP contribution in [0, 0.1) is 12.8 Å². The molecule has 2 aliphatic heterocycles. The van der Waals surface area contributed by atoms with E-state index in [1.807, 2.05) is 19.1 Å². The Kier molecular flexibility index (Phi) is 4.49. The number of rotatable bonds is 3. The zero-order chi connectivity index (χ0) is 15.5. The second-order valence-corrected chi connectivity index (χ2v) is 5.87. The molecule has 0 aliphatic carbocycles. The third-order valence-corrected chi connectivity index (χ3v) is 4.15. The number of amides is 1. The summed E-state index contributed by atoms with van der Waals surface area (Å²) in [4.78, 5) is 12.5. The van der Waals surface area contributed by atoms with E-state index in [1.54, 1.807) is 0 Å². The van der Waals surface area contributed by atoms with E-state index < -0.39 is 6.10 Å². The fraction of sp³-hybridized carbons (Fsp3) is 0.562. The minimum absolute atomic E-state index is 0.0861. The van der Waals surface area contributed by atoms with Crippen LogP contribution in [0.15, 0.2) is 12.1 Å². The van der Waals surface area contributed by atoms with Gasteiger partial charge in [0.2, 0.25) is 0 Å². The van der Waals surface area contributed by atoms with Crippen LogP contribution in [0.5, 0.6) is 11.5 Å². The quantitative estimate of drug-likeness (QED) is 0.756. The molecular formula is C16H22N2O4. The largest absolute Gasteiger partial charge is 0.486 e. The molecule has 0 bridgehead atoms. The van der Waals surface area contributed by atoms with E-state index >= 15 is 0 Å². The standard InChI is InChI=1S/C16H22N2O4/c1-10-6-12(15-14(7-10)21-4-5-22-15)16(20)18-8-11-2-3-17-9-13(11)19/h6-7,11,13,17,19H,2-5,8-9H2,1H3,(H,18,20)/t11-,13+/m0/s1. The highest BCUT2D eigenvalue weighted by atomic mass is 16.6. The molecule has 0 radical (unpaired) electrons. The molecule has 0 aromatic heterocycles. The van der Waals surface area contributed by atoms with Crippen molar-refractivity contribution >= 4 is 5.91 Å². The molecule has 2 heterocycles. The van der Waals surface area contributed by atoms with Crippen LogP contribution >= 0.6 is 0 Å². The number of fused-ring (bicyclic) bond motifs is 1. The zero-order valence-corrected chi connectivity index (χ0v) is 12.7. The number of aliphatic hydroxyl groups is 1. The summed E-state index contributed by atoms with van der Waals surface area (Å²) in [5.74, 6) is 1.04. The average molecular weight is 306 g/mol. The van der Waals surface area contributed by atoms with Gasteiger partial charge in [0, 0.05) is 19.0 Å². The fourth-order valence-corrected chi connectivity index (χ4v) is 2.91. The van der Waals surface area contributed by atoms with Crippen LogP contribution in [-0.2, 0) is 0 Å². The number of benzene rings is 1. The highest BCUT2D eigenvalue weighted by Gasteiger charge is 2.25. The van der Waals surface area contributed by atoms with Gasteiger partial charge in [-0.1, -0.05) is 0 Å². The van der Waals surface area contributed by atoms with Crippen molar-refractivity contribution < 1.29 is 19.4 Å². The highest BCUT2D eigenvalue weighted by molar-refractivity contribution is 5.98. The highest BCUT2D eigenvalue weighted by Crippen LogP contribution is 2.35. The maximum atomic E-state index is 12.5.